The van der Waals surface area contributed by atoms with Crippen LogP contribution >= 0.6 is 12.2 Å². The highest BCUT2D eigenvalue weighted by molar-refractivity contribution is 7.80. The van der Waals surface area contributed by atoms with E-state index < -0.39 is 27.2 Å². The first-order valence-electron chi connectivity index (χ1n) is 9.01. The van der Waals surface area contributed by atoms with Crippen LogP contribution in [0.5, 0.6) is 11.5 Å². The summed E-state index contributed by atoms with van der Waals surface area (Å²) in [5, 5.41) is 22.1. The van der Waals surface area contributed by atoms with E-state index in [9.17, 15) is 25.0 Å². The lowest BCUT2D eigenvalue weighted by atomic mass is 10.1. The van der Waals surface area contributed by atoms with E-state index in [1.807, 2.05) is 4.90 Å². The molecule has 1 aliphatic heterocycles. The number of carbonyl (C=O) groups is 1. The number of hydrogen-bond donors (Lipinski definition) is 0. The van der Waals surface area contributed by atoms with E-state index in [2.05, 4.69) is 0 Å². The molecule has 0 aromatic heterocycles. The minimum absolute atomic E-state index is 0.0229. The van der Waals surface area contributed by atoms with Gasteiger partial charge in [-0.25, -0.2) is 4.79 Å². The van der Waals surface area contributed by atoms with Gasteiger partial charge in [-0.05, 0) is 18.2 Å². The largest absolute Gasteiger partial charge is 0.493 e. The predicted octanol–water partition coefficient (Wildman–Crippen LogP) is 2.74. The fourth-order valence-corrected chi connectivity index (χ4v) is 3.23. The molecule has 0 amide bonds. The maximum atomic E-state index is 12.6. The van der Waals surface area contributed by atoms with Crippen LogP contribution in [-0.2, 0) is 4.74 Å². The minimum Gasteiger partial charge on any atom is -0.493 e. The molecule has 1 heterocycles. The Morgan fingerprint density at radius 1 is 1.00 bits per heavy atom. The van der Waals surface area contributed by atoms with Gasteiger partial charge < -0.3 is 19.1 Å². The van der Waals surface area contributed by atoms with Gasteiger partial charge in [0.05, 0.1) is 41.8 Å². The lowest BCUT2D eigenvalue weighted by Gasteiger charge is -2.29. The fraction of sp³-hybridized carbons (Fsp3) is 0.263. The normalized spacial score (nSPS) is 13.4. The molecule has 1 aliphatic rings. The van der Waals surface area contributed by atoms with E-state index in [1.165, 1.54) is 13.2 Å². The molecular weight excluding hydrogens is 430 g/mol. The Bertz CT molecular complexity index is 1020. The van der Waals surface area contributed by atoms with Crippen molar-refractivity contribution in [3.63, 3.8) is 0 Å². The van der Waals surface area contributed by atoms with Crippen LogP contribution in [0.25, 0.3) is 0 Å². The molecule has 0 atom stereocenters. The zero-order valence-electron chi connectivity index (χ0n) is 16.3. The summed E-state index contributed by atoms with van der Waals surface area (Å²) < 4.78 is 15.9. The van der Waals surface area contributed by atoms with Crippen molar-refractivity contribution in [2.45, 2.75) is 0 Å². The van der Waals surface area contributed by atoms with Gasteiger partial charge in [0.2, 0.25) is 0 Å². The Hall–Kier alpha value is -3.64. The van der Waals surface area contributed by atoms with Crippen LogP contribution < -0.4 is 9.47 Å². The molecule has 0 bridgehead atoms. The summed E-state index contributed by atoms with van der Waals surface area (Å²) >= 11 is 5.52. The smallest absolute Gasteiger partial charge is 0.344 e. The first-order valence-corrected chi connectivity index (χ1v) is 9.42. The van der Waals surface area contributed by atoms with Crippen LogP contribution in [0.1, 0.15) is 15.9 Å². The van der Waals surface area contributed by atoms with Crippen molar-refractivity contribution in [2.75, 3.05) is 33.4 Å². The number of thiocarbonyl (C=S) groups is 1. The highest BCUT2D eigenvalue weighted by atomic mass is 32.1. The van der Waals surface area contributed by atoms with Gasteiger partial charge in [-0.2, -0.15) is 0 Å². The zero-order valence-corrected chi connectivity index (χ0v) is 17.1. The molecule has 1 fully saturated rings. The fourth-order valence-electron chi connectivity index (χ4n) is 2.92. The van der Waals surface area contributed by atoms with Gasteiger partial charge in [-0.3, -0.25) is 20.2 Å². The third-order valence-electron chi connectivity index (χ3n) is 4.47. The van der Waals surface area contributed by atoms with E-state index in [4.69, 9.17) is 26.4 Å². The summed E-state index contributed by atoms with van der Waals surface area (Å²) in [6.45, 7) is 2.34. The second-order valence-corrected chi connectivity index (χ2v) is 6.80. The summed E-state index contributed by atoms with van der Waals surface area (Å²) in [5.74, 6) is -0.767. The summed E-state index contributed by atoms with van der Waals surface area (Å²) in [6, 6.07) is 7.37. The van der Waals surface area contributed by atoms with Gasteiger partial charge >= 0.3 is 5.97 Å². The Kier molecular flexibility index (Phi) is 6.72. The second kappa shape index (κ2) is 9.45. The highest BCUT2D eigenvalue weighted by Gasteiger charge is 2.23. The Labute approximate surface area is 181 Å². The number of benzene rings is 2. The molecule has 0 aliphatic carbocycles. The van der Waals surface area contributed by atoms with Crippen LogP contribution in [0.2, 0.25) is 0 Å². The number of nitro benzene ring substituents is 2. The van der Waals surface area contributed by atoms with Crippen molar-refractivity contribution >= 4 is 34.6 Å². The van der Waals surface area contributed by atoms with Gasteiger partial charge in [0.15, 0.2) is 11.5 Å². The number of ether oxygens (including phenoxy) is 3. The van der Waals surface area contributed by atoms with E-state index in [1.54, 1.807) is 12.1 Å². The highest BCUT2D eigenvalue weighted by Crippen LogP contribution is 2.31. The number of nitrogens with zero attached hydrogens (tertiary/aromatic N) is 3. The third kappa shape index (κ3) is 5.10. The molecule has 0 radical (unpaired) electrons. The van der Waals surface area contributed by atoms with Crippen molar-refractivity contribution in [1.29, 1.82) is 0 Å². The van der Waals surface area contributed by atoms with Crippen LogP contribution in [0.3, 0.4) is 0 Å². The SMILES string of the molecule is COc1ccc(C(=S)N2CCOCC2)cc1OC(=O)c1cc([N+](=O)[O-])cc([N+](=O)[O-])c1. The van der Waals surface area contributed by atoms with Gasteiger partial charge in [-0.1, -0.05) is 12.2 Å². The Morgan fingerprint density at radius 2 is 1.61 bits per heavy atom. The average molecular weight is 447 g/mol. The molecule has 0 unspecified atom stereocenters. The number of nitro groups is 2. The number of methoxy groups -OCH3 is 1. The lowest BCUT2D eigenvalue weighted by molar-refractivity contribution is -0.394. The Balaban J connectivity index is 1.90. The average Bonchev–Trinajstić information content (AvgIpc) is 2.78. The predicted molar refractivity (Wildman–Crippen MR) is 112 cm³/mol. The number of esters is 1. The van der Waals surface area contributed by atoms with E-state index in [0.717, 1.165) is 18.2 Å². The van der Waals surface area contributed by atoms with E-state index in [0.29, 0.717) is 36.9 Å². The molecule has 3 rings (SSSR count). The second-order valence-electron chi connectivity index (χ2n) is 6.41. The number of carbonyl (C=O) groups excluding carboxylic acids is 1. The van der Waals surface area contributed by atoms with Crippen molar-refractivity contribution in [2.24, 2.45) is 0 Å². The summed E-state index contributed by atoms with van der Waals surface area (Å²) in [7, 11) is 1.38. The van der Waals surface area contributed by atoms with Crippen LogP contribution in [0.4, 0.5) is 11.4 Å². The standard InChI is InChI=1S/C19H17N3O8S/c1-28-16-3-2-12(18(31)20-4-6-29-7-5-20)10-17(16)30-19(23)13-8-14(21(24)25)11-15(9-13)22(26)27/h2-3,8-11H,4-7H2,1H3. The zero-order chi connectivity index (χ0) is 22.5. The molecule has 31 heavy (non-hydrogen) atoms. The minimum atomic E-state index is -1.01. The number of rotatable bonds is 6. The molecule has 0 spiro atoms. The van der Waals surface area contributed by atoms with Crippen molar-refractivity contribution in [1.82, 2.24) is 4.90 Å². The maximum absolute atomic E-state index is 12.6. The molecule has 2 aromatic rings. The quantitative estimate of drug-likeness (QED) is 0.214. The summed E-state index contributed by atoms with van der Waals surface area (Å²) in [4.78, 5) is 35.6. The molecular formula is C19H17N3O8S. The molecule has 2 aromatic carbocycles. The summed E-state index contributed by atoms with van der Waals surface area (Å²) in [6.07, 6.45) is 0. The van der Waals surface area contributed by atoms with Crippen LogP contribution in [-0.4, -0.2) is 59.1 Å². The number of non-ortho nitro benzene ring substituents is 2. The third-order valence-corrected chi connectivity index (χ3v) is 4.97. The molecule has 11 nitrogen and oxygen atoms in total. The molecule has 162 valence electrons. The van der Waals surface area contributed by atoms with Gasteiger partial charge in [0, 0.05) is 30.8 Å². The van der Waals surface area contributed by atoms with Gasteiger partial charge in [-0.15, -0.1) is 0 Å². The number of morpholine rings is 1. The van der Waals surface area contributed by atoms with Crippen molar-refractivity contribution < 1.29 is 28.9 Å². The van der Waals surface area contributed by atoms with E-state index in [-0.39, 0.29) is 17.1 Å². The monoisotopic (exact) mass is 447 g/mol. The molecule has 12 heteroatoms. The van der Waals surface area contributed by atoms with E-state index >= 15 is 0 Å². The van der Waals surface area contributed by atoms with Crippen molar-refractivity contribution in [3.8, 4) is 11.5 Å². The molecule has 0 saturated carbocycles. The summed E-state index contributed by atoms with van der Waals surface area (Å²) in [5.41, 5.74) is -0.944. The first kappa shape index (κ1) is 22.1. The van der Waals surface area contributed by atoms with Gasteiger partial charge in [0.1, 0.15) is 4.99 Å². The molecule has 1 saturated heterocycles. The first-order chi connectivity index (χ1) is 14.8. The lowest BCUT2D eigenvalue weighted by Crippen LogP contribution is -2.40. The number of hydrogen-bond acceptors (Lipinski definition) is 9. The van der Waals surface area contributed by atoms with Crippen LogP contribution in [0.15, 0.2) is 36.4 Å². The Morgan fingerprint density at radius 3 is 2.16 bits per heavy atom. The van der Waals surface area contributed by atoms with Crippen LogP contribution in [0, 0.1) is 20.2 Å². The van der Waals surface area contributed by atoms with Crippen molar-refractivity contribution in [3.05, 3.63) is 67.8 Å². The molecule has 0 N–H and O–H groups in total. The van der Waals surface area contributed by atoms with Gasteiger partial charge in [0.25, 0.3) is 11.4 Å². The topological polar surface area (TPSA) is 134 Å². The maximum Gasteiger partial charge on any atom is 0.344 e.